The van der Waals surface area contributed by atoms with E-state index in [4.69, 9.17) is 0 Å². The normalized spacial score (nSPS) is 10.8. The molecule has 2 aromatic rings. The lowest BCUT2D eigenvalue weighted by Crippen LogP contribution is -2.17. The zero-order valence-electron chi connectivity index (χ0n) is 9.48. The molecule has 0 aliphatic carbocycles. The van der Waals surface area contributed by atoms with E-state index in [0.717, 1.165) is 37.4 Å². The first-order chi connectivity index (χ1) is 7.92. The molecular weight excluding hydrogens is 202 g/mol. The average molecular weight is 219 g/mol. The molecule has 5 heteroatoms. The van der Waals surface area contributed by atoms with Crippen LogP contribution in [0.2, 0.25) is 0 Å². The van der Waals surface area contributed by atoms with Gasteiger partial charge in [0, 0.05) is 18.9 Å². The third-order valence-corrected chi connectivity index (χ3v) is 2.40. The van der Waals surface area contributed by atoms with Gasteiger partial charge in [-0.15, -0.1) is 0 Å². The molecule has 2 N–H and O–H groups in total. The van der Waals surface area contributed by atoms with Crippen molar-refractivity contribution in [1.29, 1.82) is 0 Å². The molecule has 2 aromatic heterocycles. The van der Waals surface area contributed by atoms with E-state index in [-0.39, 0.29) is 0 Å². The molecule has 86 valence electrons. The molecular formula is C11H17N5. The van der Waals surface area contributed by atoms with Crippen molar-refractivity contribution in [2.45, 2.75) is 13.3 Å². The molecule has 0 fully saturated rings. The molecule has 0 amide bonds. The van der Waals surface area contributed by atoms with Gasteiger partial charge >= 0.3 is 0 Å². The van der Waals surface area contributed by atoms with Gasteiger partial charge in [0.15, 0.2) is 5.82 Å². The summed E-state index contributed by atoms with van der Waals surface area (Å²) in [5.41, 5.74) is 1.02. The van der Waals surface area contributed by atoms with Crippen molar-refractivity contribution in [2.75, 3.05) is 25.0 Å². The second kappa shape index (κ2) is 5.46. The fourth-order valence-electron chi connectivity index (χ4n) is 1.59. The van der Waals surface area contributed by atoms with Crippen LogP contribution in [0.25, 0.3) is 5.52 Å². The van der Waals surface area contributed by atoms with Gasteiger partial charge in [-0.2, -0.15) is 5.10 Å². The van der Waals surface area contributed by atoms with Crippen LogP contribution in [-0.2, 0) is 0 Å². The minimum atomic E-state index is 0.900. The number of fused-ring (bicyclic) bond motifs is 1. The van der Waals surface area contributed by atoms with E-state index in [1.54, 1.807) is 12.4 Å². The van der Waals surface area contributed by atoms with E-state index in [1.807, 2.05) is 16.8 Å². The summed E-state index contributed by atoms with van der Waals surface area (Å²) in [5.74, 6) is 0.900. The highest BCUT2D eigenvalue weighted by Crippen LogP contribution is 2.11. The fraction of sp³-hybridized carbons (Fsp3) is 0.455. The van der Waals surface area contributed by atoms with Gasteiger partial charge in [0.05, 0.1) is 6.20 Å². The summed E-state index contributed by atoms with van der Waals surface area (Å²) in [6.07, 6.45) is 6.47. The topological polar surface area (TPSA) is 54.2 Å². The number of hydrogen-bond acceptors (Lipinski definition) is 4. The summed E-state index contributed by atoms with van der Waals surface area (Å²) in [7, 11) is 0. The number of rotatable bonds is 6. The molecule has 2 rings (SSSR count). The molecule has 0 aliphatic heterocycles. The SMILES string of the molecule is CCNCCCNc1nccn2nccc12. The number of anilines is 1. The van der Waals surface area contributed by atoms with E-state index < -0.39 is 0 Å². The summed E-state index contributed by atoms with van der Waals surface area (Å²) in [4.78, 5) is 4.30. The van der Waals surface area contributed by atoms with E-state index in [2.05, 4.69) is 27.6 Å². The van der Waals surface area contributed by atoms with Crippen LogP contribution in [0, 0.1) is 0 Å². The van der Waals surface area contributed by atoms with Crippen LogP contribution < -0.4 is 10.6 Å². The third-order valence-electron chi connectivity index (χ3n) is 2.40. The zero-order chi connectivity index (χ0) is 11.2. The van der Waals surface area contributed by atoms with E-state index in [1.165, 1.54) is 0 Å². The van der Waals surface area contributed by atoms with Crippen LogP contribution >= 0.6 is 0 Å². The van der Waals surface area contributed by atoms with Gasteiger partial charge in [0.25, 0.3) is 0 Å². The number of nitrogens with one attached hydrogen (secondary N) is 2. The van der Waals surface area contributed by atoms with Crippen LogP contribution in [0.5, 0.6) is 0 Å². The largest absolute Gasteiger partial charge is 0.368 e. The first-order valence-electron chi connectivity index (χ1n) is 5.64. The van der Waals surface area contributed by atoms with Crippen molar-refractivity contribution < 1.29 is 0 Å². The van der Waals surface area contributed by atoms with Crippen molar-refractivity contribution >= 4 is 11.3 Å². The third kappa shape index (κ3) is 2.49. The Morgan fingerprint density at radius 1 is 1.31 bits per heavy atom. The van der Waals surface area contributed by atoms with Crippen molar-refractivity contribution in [3.05, 3.63) is 24.7 Å². The Hall–Kier alpha value is -1.62. The molecule has 16 heavy (non-hydrogen) atoms. The molecule has 0 aromatic carbocycles. The standard InChI is InChI=1S/C11H17N5/c1-2-12-5-3-6-13-11-10-4-7-15-16(10)9-8-14-11/h4,7-9,12H,2-3,5-6H2,1H3,(H,13,14). The van der Waals surface area contributed by atoms with Gasteiger partial charge in [-0.3, -0.25) is 0 Å². The quantitative estimate of drug-likeness (QED) is 0.715. The lowest BCUT2D eigenvalue weighted by Gasteiger charge is -2.06. The molecule has 2 heterocycles. The highest BCUT2D eigenvalue weighted by Gasteiger charge is 2.01. The predicted octanol–water partition coefficient (Wildman–Crippen LogP) is 1.14. The van der Waals surface area contributed by atoms with Crippen molar-refractivity contribution in [1.82, 2.24) is 19.9 Å². The Morgan fingerprint density at radius 3 is 3.12 bits per heavy atom. The lowest BCUT2D eigenvalue weighted by atomic mass is 10.4. The number of hydrogen-bond donors (Lipinski definition) is 2. The van der Waals surface area contributed by atoms with Gasteiger partial charge < -0.3 is 10.6 Å². The monoisotopic (exact) mass is 219 g/mol. The van der Waals surface area contributed by atoms with Crippen LogP contribution in [0.4, 0.5) is 5.82 Å². The first-order valence-corrected chi connectivity index (χ1v) is 5.64. The van der Waals surface area contributed by atoms with Gasteiger partial charge in [-0.1, -0.05) is 6.92 Å². The Labute approximate surface area is 94.9 Å². The average Bonchev–Trinajstić information content (AvgIpc) is 2.77. The van der Waals surface area contributed by atoms with E-state index in [0.29, 0.717) is 0 Å². The summed E-state index contributed by atoms with van der Waals surface area (Å²) in [6.45, 7) is 5.09. The predicted molar refractivity (Wildman–Crippen MR) is 64.6 cm³/mol. The Balaban J connectivity index is 1.91. The van der Waals surface area contributed by atoms with Crippen LogP contribution in [-0.4, -0.2) is 34.2 Å². The Bertz CT molecular complexity index is 437. The first kappa shape index (κ1) is 10.9. The highest BCUT2D eigenvalue weighted by molar-refractivity contribution is 5.66. The molecule has 0 spiro atoms. The summed E-state index contributed by atoms with van der Waals surface area (Å²) < 4.78 is 1.82. The smallest absolute Gasteiger partial charge is 0.152 e. The minimum Gasteiger partial charge on any atom is -0.368 e. The van der Waals surface area contributed by atoms with Gasteiger partial charge in [0.2, 0.25) is 0 Å². The number of aromatic nitrogens is 3. The molecule has 0 aliphatic rings. The molecule has 0 saturated carbocycles. The molecule has 0 saturated heterocycles. The lowest BCUT2D eigenvalue weighted by molar-refractivity contribution is 0.688. The second-order valence-electron chi connectivity index (χ2n) is 3.57. The van der Waals surface area contributed by atoms with E-state index in [9.17, 15) is 0 Å². The maximum absolute atomic E-state index is 4.30. The molecule has 5 nitrogen and oxygen atoms in total. The van der Waals surface area contributed by atoms with Gasteiger partial charge in [-0.05, 0) is 25.6 Å². The second-order valence-corrected chi connectivity index (χ2v) is 3.57. The van der Waals surface area contributed by atoms with E-state index >= 15 is 0 Å². The molecule has 0 unspecified atom stereocenters. The van der Waals surface area contributed by atoms with Crippen molar-refractivity contribution in [3.63, 3.8) is 0 Å². The van der Waals surface area contributed by atoms with Crippen LogP contribution in [0.15, 0.2) is 24.7 Å². The maximum atomic E-state index is 4.30. The minimum absolute atomic E-state index is 0.900. The fourth-order valence-corrected chi connectivity index (χ4v) is 1.59. The van der Waals surface area contributed by atoms with Gasteiger partial charge in [0.1, 0.15) is 5.52 Å². The summed E-state index contributed by atoms with van der Waals surface area (Å²) >= 11 is 0. The maximum Gasteiger partial charge on any atom is 0.152 e. The molecule has 0 radical (unpaired) electrons. The van der Waals surface area contributed by atoms with Crippen LogP contribution in [0.3, 0.4) is 0 Å². The van der Waals surface area contributed by atoms with Crippen LogP contribution in [0.1, 0.15) is 13.3 Å². The number of nitrogens with zero attached hydrogens (tertiary/aromatic N) is 3. The Kier molecular flexibility index (Phi) is 3.71. The molecule has 0 bridgehead atoms. The van der Waals surface area contributed by atoms with Gasteiger partial charge in [-0.25, -0.2) is 9.50 Å². The highest BCUT2D eigenvalue weighted by atomic mass is 15.2. The van der Waals surface area contributed by atoms with Crippen molar-refractivity contribution in [3.8, 4) is 0 Å². The molecule has 0 atom stereocenters. The summed E-state index contributed by atoms with van der Waals surface area (Å²) in [6, 6.07) is 1.96. The summed E-state index contributed by atoms with van der Waals surface area (Å²) in [5, 5.41) is 10.8. The Morgan fingerprint density at radius 2 is 2.25 bits per heavy atom. The zero-order valence-corrected chi connectivity index (χ0v) is 9.48. The van der Waals surface area contributed by atoms with Crippen molar-refractivity contribution in [2.24, 2.45) is 0 Å².